The van der Waals surface area contributed by atoms with Crippen molar-refractivity contribution in [3.05, 3.63) is 66.9 Å². The minimum Gasteiger partial charge on any atom is -0.424 e. The first kappa shape index (κ1) is 21.5. The van der Waals surface area contributed by atoms with Crippen LogP contribution in [0, 0.1) is 6.92 Å². The summed E-state index contributed by atoms with van der Waals surface area (Å²) in [6, 6.07) is 10.7. The summed E-state index contributed by atoms with van der Waals surface area (Å²) in [5.74, 6) is 0.673. The second-order valence-electron chi connectivity index (χ2n) is 7.40. The number of pyridine rings is 1. The standard InChI is InChI=1S/C23H19N7O3S/c1-14-18(3-2-9-24-14)29-21(32)28-16-11-25-22(26-12-16)33-17-6-4-15(5-7-17)19-13-27-23(34-19)30-10-8-20(30)31/h2-7,9,11-13H,8,10H2,1H3,(H2,28,29,32). The molecule has 3 amide bonds. The number of amides is 3. The summed E-state index contributed by atoms with van der Waals surface area (Å²) in [6.07, 6.45) is 6.93. The highest BCUT2D eigenvalue weighted by molar-refractivity contribution is 7.19. The number of ether oxygens (including phenoxy) is 1. The molecule has 4 heterocycles. The monoisotopic (exact) mass is 473 g/mol. The molecule has 1 aliphatic heterocycles. The molecule has 4 aromatic rings. The third kappa shape index (κ3) is 4.69. The second-order valence-corrected chi connectivity index (χ2v) is 8.41. The number of anilines is 3. The van der Waals surface area contributed by atoms with Crippen LogP contribution in [0.25, 0.3) is 10.4 Å². The molecule has 5 rings (SSSR count). The molecule has 34 heavy (non-hydrogen) atoms. The normalized spacial score (nSPS) is 12.7. The molecule has 0 saturated carbocycles. The molecule has 1 fully saturated rings. The Kier molecular flexibility index (Phi) is 5.83. The highest BCUT2D eigenvalue weighted by Crippen LogP contribution is 2.34. The lowest BCUT2D eigenvalue weighted by atomic mass is 10.2. The Bertz CT molecular complexity index is 1340. The van der Waals surface area contributed by atoms with Crippen molar-refractivity contribution in [2.24, 2.45) is 0 Å². The maximum Gasteiger partial charge on any atom is 0.323 e. The molecule has 10 nitrogen and oxygen atoms in total. The van der Waals surface area contributed by atoms with Gasteiger partial charge in [-0.05, 0) is 48.9 Å². The van der Waals surface area contributed by atoms with E-state index in [9.17, 15) is 9.59 Å². The lowest BCUT2D eigenvalue weighted by molar-refractivity contribution is -0.122. The summed E-state index contributed by atoms with van der Waals surface area (Å²) in [5.41, 5.74) is 2.72. The van der Waals surface area contributed by atoms with E-state index in [2.05, 4.69) is 30.6 Å². The van der Waals surface area contributed by atoms with Gasteiger partial charge < -0.3 is 15.4 Å². The van der Waals surface area contributed by atoms with Gasteiger partial charge in [0.15, 0.2) is 5.13 Å². The summed E-state index contributed by atoms with van der Waals surface area (Å²) in [5, 5.41) is 6.11. The quantitative estimate of drug-likeness (QED) is 0.396. The van der Waals surface area contributed by atoms with Gasteiger partial charge in [-0.1, -0.05) is 11.3 Å². The number of urea groups is 1. The summed E-state index contributed by atoms with van der Waals surface area (Å²) in [4.78, 5) is 43.2. The van der Waals surface area contributed by atoms with Crippen LogP contribution in [0.4, 0.5) is 21.3 Å². The van der Waals surface area contributed by atoms with Gasteiger partial charge in [0, 0.05) is 25.4 Å². The average molecular weight is 474 g/mol. The molecule has 1 aromatic carbocycles. The number of aromatic nitrogens is 4. The van der Waals surface area contributed by atoms with Crippen LogP contribution in [0.5, 0.6) is 11.8 Å². The van der Waals surface area contributed by atoms with E-state index in [-0.39, 0.29) is 11.9 Å². The Balaban J connectivity index is 1.18. The van der Waals surface area contributed by atoms with E-state index < -0.39 is 6.03 Å². The Hall–Kier alpha value is -4.38. The van der Waals surface area contributed by atoms with E-state index in [4.69, 9.17) is 4.74 Å². The van der Waals surface area contributed by atoms with Gasteiger partial charge in [0.2, 0.25) is 5.91 Å². The number of thiazole rings is 1. The molecule has 0 unspecified atom stereocenters. The van der Waals surface area contributed by atoms with Gasteiger partial charge in [0.25, 0.3) is 0 Å². The largest absolute Gasteiger partial charge is 0.424 e. The van der Waals surface area contributed by atoms with Crippen molar-refractivity contribution in [2.75, 3.05) is 22.1 Å². The van der Waals surface area contributed by atoms with E-state index in [1.54, 1.807) is 29.4 Å². The van der Waals surface area contributed by atoms with Crippen LogP contribution in [0.2, 0.25) is 0 Å². The molecule has 11 heteroatoms. The Morgan fingerprint density at radius 1 is 1.03 bits per heavy atom. The first-order chi connectivity index (χ1) is 16.5. The predicted molar refractivity (Wildman–Crippen MR) is 128 cm³/mol. The lowest BCUT2D eigenvalue weighted by Crippen LogP contribution is -2.43. The first-order valence-electron chi connectivity index (χ1n) is 10.4. The van der Waals surface area contributed by atoms with E-state index in [0.717, 1.165) is 22.1 Å². The summed E-state index contributed by atoms with van der Waals surface area (Å²) < 4.78 is 5.70. The molecule has 170 valence electrons. The van der Waals surface area contributed by atoms with Crippen molar-refractivity contribution in [1.29, 1.82) is 0 Å². The number of hydrogen-bond acceptors (Lipinski definition) is 8. The molecule has 0 aliphatic carbocycles. The van der Waals surface area contributed by atoms with Crippen molar-refractivity contribution >= 4 is 39.8 Å². The molecular weight excluding hydrogens is 454 g/mol. The Morgan fingerprint density at radius 3 is 2.50 bits per heavy atom. The zero-order valence-electron chi connectivity index (χ0n) is 18.1. The van der Waals surface area contributed by atoms with E-state index in [0.29, 0.717) is 29.2 Å². The molecule has 0 atom stereocenters. The van der Waals surface area contributed by atoms with Crippen molar-refractivity contribution < 1.29 is 14.3 Å². The van der Waals surface area contributed by atoms with Gasteiger partial charge in [0.05, 0.1) is 34.3 Å². The van der Waals surface area contributed by atoms with Crippen LogP contribution in [0.1, 0.15) is 12.1 Å². The number of nitrogens with zero attached hydrogens (tertiary/aromatic N) is 5. The Morgan fingerprint density at radius 2 is 1.82 bits per heavy atom. The van der Waals surface area contributed by atoms with Crippen molar-refractivity contribution in [3.8, 4) is 22.2 Å². The van der Waals surface area contributed by atoms with Gasteiger partial charge in [-0.2, -0.15) is 0 Å². The fourth-order valence-electron chi connectivity index (χ4n) is 3.17. The minimum absolute atomic E-state index is 0.107. The van der Waals surface area contributed by atoms with Crippen LogP contribution < -0.4 is 20.3 Å². The summed E-state index contributed by atoms with van der Waals surface area (Å²) >= 11 is 1.48. The molecule has 1 aliphatic rings. The zero-order valence-corrected chi connectivity index (χ0v) is 18.9. The molecule has 3 aromatic heterocycles. The van der Waals surface area contributed by atoms with Crippen molar-refractivity contribution in [2.45, 2.75) is 13.3 Å². The molecule has 0 radical (unpaired) electrons. The third-order valence-corrected chi connectivity index (χ3v) is 6.13. The number of β-lactam (4-membered cyclic amide) rings is 1. The van der Waals surface area contributed by atoms with Gasteiger partial charge >= 0.3 is 12.0 Å². The van der Waals surface area contributed by atoms with Crippen LogP contribution in [0.3, 0.4) is 0 Å². The van der Waals surface area contributed by atoms with E-state index in [1.165, 1.54) is 23.7 Å². The molecule has 0 spiro atoms. The third-order valence-electron chi connectivity index (χ3n) is 5.06. The number of carbonyl (C=O) groups is 2. The van der Waals surface area contributed by atoms with E-state index in [1.807, 2.05) is 31.2 Å². The number of carbonyl (C=O) groups excluding carboxylic acids is 2. The Labute approximate surface area is 198 Å². The molecule has 0 bridgehead atoms. The highest BCUT2D eigenvalue weighted by Gasteiger charge is 2.27. The molecule has 2 N–H and O–H groups in total. The first-order valence-corrected chi connectivity index (χ1v) is 11.2. The second kappa shape index (κ2) is 9.24. The maximum absolute atomic E-state index is 12.2. The summed E-state index contributed by atoms with van der Waals surface area (Å²) in [6.45, 7) is 2.53. The van der Waals surface area contributed by atoms with Gasteiger partial charge in [0.1, 0.15) is 5.75 Å². The number of hydrogen-bond donors (Lipinski definition) is 2. The topological polar surface area (TPSA) is 122 Å². The van der Waals surface area contributed by atoms with Gasteiger partial charge in [-0.15, -0.1) is 0 Å². The fraction of sp³-hybridized carbons (Fsp3) is 0.130. The average Bonchev–Trinajstić information content (AvgIpc) is 3.30. The number of aryl methyl sites for hydroxylation is 1. The lowest BCUT2D eigenvalue weighted by Gasteiger charge is -2.27. The van der Waals surface area contributed by atoms with Crippen LogP contribution in [0.15, 0.2) is 61.2 Å². The zero-order chi connectivity index (χ0) is 23.5. The smallest absolute Gasteiger partial charge is 0.323 e. The van der Waals surface area contributed by atoms with Crippen molar-refractivity contribution in [3.63, 3.8) is 0 Å². The number of benzene rings is 1. The van der Waals surface area contributed by atoms with Crippen LogP contribution in [-0.2, 0) is 4.79 Å². The van der Waals surface area contributed by atoms with Gasteiger partial charge in [-0.25, -0.2) is 19.7 Å². The van der Waals surface area contributed by atoms with Crippen LogP contribution in [-0.4, -0.2) is 38.4 Å². The fourth-order valence-corrected chi connectivity index (χ4v) is 4.13. The minimum atomic E-state index is -0.423. The van der Waals surface area contributed by atoms with Crippen LogP contribution >= 0.6 is 11.3 Å². The van der Waals surface area contributed by atoms with Gasteiger partial charge in [-0.3, -0.25) is 14.7 Å². The number of rotatable bonds is 6. The highest BCUT2D eigenvalue weighted by atomic mass is 32.1. The molecule has 1 saturated heterocycles. The maximum atomic E-state index is 12.2. The van der Waals surface area contributed by atoms with E-state index >= 15 is 0 Å². The SMILES string of the molecule is Cc1ncccc1NC(=O)Nc1cnc(Oc2ccc(-c3cnc(N4CCC4=O)s3)cc2)nc1. The summed E-state index contributed by atoms with van der Waals surface area (Å²) in [7, 11) is 0. The van der Waals surface area contributed by atoms with Crippen molar-refractivity contribution in [1.82, 2.24) is 19.9 Å². The molecular formula is C23H19N7O3S. The predicted octanol–water partition coefficient (Wildman–Crippen LogP) is 4.48. The number of nitrogens with one attached hydrogen (secondary N) is 2.